The third kappa shape index (κ3) is 4.82. The number of aromatic nitrogens is 2. The number of carbonyl (C=O) groups excluding carboxylic acids is 1. The van der Waals surface area contributed by atoms with Crippen LogP contribution in [0.5, 0.6) is 5.75 Å². The number of amides is 1. The summed E-state index contributed by atoms with van der Waals surface area (Å²) in [5, 5.41) is 6.03. The van der Waals surface area contributed by atoms with Crippen molar-refractivity contribution in [2.24, 2.45) is 0 Å². The monoisotopic (exact) mass is 362 g/mol. The lowest BCUT2D eigenvalue weighted by Crippen LogP contribution is -2.14. The van der Waals surface area contributed by atoms with E-state index in [4.69, 9.17) is 4.74 Å². The average Bonchev–Trinajstić information content (AvgIpc) is 2.70. The Kier molecular flexibility index (Phi) is 5.99. The maximum absolute atomic E-state index is 12.5. The highest BCUT2D eigenvalue weighted by atomic mass is 16.5. The van der Waals surface area contributed by atoms with Gasteiger partial charge >= 0.3 is 0 Å². The minimum absolute atomic E-state index is 0.279. The first kappa shape index (κ1) is 18.4. The summed E-state index contributed by atoms with van der Waals surface area (Å²) >= 11 is 0. The Balaban J connectivity index is 1.74. The van der Waals surface area contributed by atoms with Gasteiger partial charge in [-0.3, -0.25) is 4.79 Å². The summed E-state index contributed by atoms with van der Waals surface area (Å²) in [6.45, 7) is 4.58. The summed E-state index contributed by atoms with van der Waals surface area (Å²) in [7, 11) is 0. The number of ether oxygens (including phenoxy) is 1. The number of benzene rings is 2. The number of rotatable bonds is 7. The van der Waals surface area contributed by atoms with Crippen molar-refractivity contribution in [3.63, 3.8) is 0 Å². The molecule has 1 amide bonds. The second kappa shape index (κ2) is 8.80. The molecule has 2 aromatic carbocycles. The Morgan fingerprint density at radius 2 is 1.81 bits per heavy atom. The number of nitrogens with zero attached hydrogens (tertiary/aromatic N) is 2. The van der Waals surface area contributed by atoms with Gasteiger partial charge in [0.15, 0.2) is 0 Å². The third-order valence-electron chi connectivity index (χ3n) is 3.97. The molecule has 0 fully saturated rings. The maximum atomic E-state index is 12.5. The number of anilines is 3. The van der Waals surface area contributed by atoms with Gasteiger partial charge in [-0.25, -0.2) is 9.97 Å². The summed E-state index contributed by atoms with van der Waals surface area (Å²) in [4.78, 5) is 20.8. The van der Waals surface area contributed by atoms with Crippen LogP contribution in [-0.4, -0.2) is 22.5 Å². The van der Waals surface area contributed by atoms with Crippen LogP contribution < -0.4 is 15.4 Å². The number of para-hydroxylation sites is 2. The second-order valence-electron chi connectivity index (χ2n) is 5.85. The van der Waals surface area contributed by atoms with E-state index in [0.29, 0.717) is 12.4 Å². The first-order valence-electron chi connectivity index (χ1n) is 8.90. The quantitative estimate of drug-likeness (QED) is 0.650. The summed E-state index contributed by atoms with van der Waals surface area (Å²) < 4.78 is 5.60. The van der Waals surface area contributed by atoms with Crippen LogP contribution in [0.3, 0.4) is 0 Å². The van der Waals surface area contributed by atoms with Gasteiger partial charge in [0.1, 0.15) is 23.6 Å². The van der Waals surface area contributed by atoms with Crippen molar-refractivity contribution < 1.29 is 9.53 Å². The molecule has 0 aliphatic heterocycles. The molecule has 138 valence electrons. The lowest BCUT2D eigenvalue weighted by atomic mass is 10.1. The van der Waals surface area contributed by atoms with Gasteiger partial charge in [-0.2, -0.15) is 0 Å². The van der Waals surface area contributed by atoms with E-state index >= 15 is 0 Å². The van der Waals surface area contributed by atoms with E-state index in [1.54, 1.807) is 6.07 Å². The third-order valence-corrected chi connectivity index (χ3v) is 3.97. The molecule has 0 aliphatic rings. The van der Waals surface area contributed by atoms with E-state index in [9.17, 15) is 4.79 Å². The first-order valence-corrected chi connectivity index (χ1v) is 8.90. The number of hydrogen-bond acceptors (Lipinski definition) is 5. The van der Waals surface area contributed by atoms with Gasteiger partial charge in [-0.05, 0) is 43.2 Å². The predicted molar refractivity (Wildman–Crippen MR) is 107 cm³/mol. The zero-order valence-electron chi connectivity index (χ0n) is 15.4. The molecular formula is C21H22N4O2. The number of nitrogens with one attached hydrogen (secondary N) is 2. The van der Waals surface area contributed by atoms with Gasteiger partial charge in [0.05, 0.1) is 12.3 Å². The lowest BCUT2D eigenvalue weighted by Gasteiger charge is -2.12. The lowest BCUT2D eigenvalue weighted by molar-refractivity contribution is 0.102. The molecule has 27 heavy (non-hydrogen) atoms. The number of carbonyl (C=O) groups is 1. The van der Waals surface area contributed by atoms with Crippen molar-refractivity contribution in [3.05, 3.63) is 72.2 Å². The van der Waals surface area contributed by atoms with E-state index in [1.807, 2.05) is 55.5 Å². The van der Waals surface area contributed by atoms with Gasteiger partial charge in [-0.15, -0.1) is 0 Å². The van der Waals surface area contributed by atoms with Crippen LogP contribution in [0.2, 0.25) is 0 Å². The largest absolute Gasteiger partial charge is 0.492 e. The fourth-order valence-electron chi connectivity index (χ4n) is 2.56. The van der Waals surface area contributed by atoms with E-state index in [-0.39, 0.29) is 11.6 Å². The van der Waals surface area contributed by atoms with Gasteiger partial charge in [0.25, 0.3) is 5.91 Å². The van der Waals surface area contributed by atoms with Crippen molar-refractivity contribution in [1.29, 1.82) is 0 Å². The van der Waals surface area contributed by atoms with E-state index in [0.717, 1.165) is 23.5 Å². The molecule has 1 heterocycles. The van der Waals surface area contributed by atoms with E-state index in [2.05, 4.69) is 27.5 Å². The average molecular weight is 362 g/mol. The normalized spacial score (nSPS) is 10.3. The second-order valence-corrected chi connectivity index (χ2v) is 5.85. The van der Waals surface area contributed by atoms with Crippen molar-refractivity contribution in [2.45, 2.75) is 20.3 Å². The van der Waals surface area contributed by atoms with Crippen LogP contribution in [0.1, 0.15) is 29.9 Å². The smallest absolute Gasteiger partial charge is 0.274 e. The predicted octanol–water partition coefficient (Wildman–Crippen LogP) is 4.43. The van der Waals surface area contributed by atoms with Crippen molar-refractivity contribution in [3.8, 4) is 5.75 Å². The van der Waals surface area contributed by atoms with Crippen molar-refractivity contribution >= 4 is 23.1 Å². The molecule has 0 saturated heterocycles. The Morgan fingerprint density at radius 3 is 2.56 bits per heavy atom. The van der Waals surface area contributed by atoms with Gasteiger partial charge in [0, 0.05) is 11.8 Å². The zero-order chi connectivity index (χ0) is 19.1. The highest BCUT2D eigenvalue weighted by Crippen LogP contribution is 2.26. The fourth-order valence-corrected chi connectivity index (χ4v) is 2.56. The Morgan fingerprint density at radius 1 is 1.04 bits per heavy atom. The molecule has 1 aromatic heterocycles. The van der Waals surface area contributed by atoms with E-state index < -0.39 is 0 Å². The van der Waals surface area contributed by atoms with Gasteiger partial charge < -0.3 is 15.4 Å². The molecule has 3 rings (SSSR count). The molecule has 2 N–H and O–H groups in total. The summed E-state index contributed by atoms with van der Waals surface area (Å²) in [5.41, 5.74) is 3.00. The molecule has 0 radical (unpaired) electrons. The fraction of sp³-hybridized carbons (Fsp3) is 0.190. The SMILES string of the molecule is CCOc1ccccc1Nc1cc(C(=O)Nc2ccc(CC)cc2)ncn1. The Hall–Kier alpha value is -3.41. The molecule has 3 aromatic rings. The topological polar surface area (TPSA) is 76.1 Å². The molecule has 0 aliphatic carbocycles. The standard InChI is InChI=1S/C21H22N4O2/c1-3-15-9-11-16(12-10-15)24-21(26)18-13-20(23-14-22-18)25-17-7-5-6-8-19(17)27-4-2/h5-14H,3-4H2,1-2H3,(H,24,26)(H,22,23,25). The molecule has 0 unspecified atom stereocenters. The highest BCUT2D eigenvalue weighted by molar-refractivity contribution is 6.03. The zero-order valence-corrected chi connectivity index (χ0v) is 15.4. The van der Waals surface area contributed by atoms with Crippen LogP contribution in [0.15, 0.2) is 60.9 Å². The van der Waals surface area contributed by atoms with Crippen molar-refractivity contribution in [1.82, 2.24) is 9.97 Å². The molecule has 0 atom stereocenters. The summed E-state index contributed by atoms with van der Waals surface area (Å²) in [6.07, 6.45) is 2.32. The van der Waals surface area contributed by atoms with Gasteiger partial charge in [0.2, 0.25) is 0 Å². The van der Waals surface area contributed by atoms with Crippen LogP contribution in [-0.2, 0) is 6.42 Å². The van der Waals surface area contributed by atoms with Crippen molar-refractivity contribution in [2.75, 3.05) is 17.2 Å². The minimum atomic E-state index is -0.289. The summed E-state index contributed by atoms with van der Waals surface area (Å²) in [6, 6.07) is 16.9. The molecule has 0 bridgehead atoms. The molecular weight excluding hydrogens is 340 g/mol. The van der Waals surface area contributed by atoms with Crippen LogP contribution in [0.4, 0.5) is 17.2 Å². The highest BCUT2D eigenvalue weighted by Gasteiger charge is 2.10. The molecule has 0 spiro atoms. The number of hydrogen-bond donors (Lipinski definition) is 2. The van der Waals surface area contributed by atoms with Gasteiger partial charge in [-0.1, -0.05) is 31.2 Å². The van der Waals surface area contributed by atoms with E-state index in [1.165, 1.54) is 11.9 Å². The maximum Gasteiger partial charge on any atom is 0.274 e. The molecule has 0 saturated carbocycles. The van der Waals surface area contributed by atoms with Crippen LogP contribution in [0, 0.1) is 0 Å². The Bertz CT molecular complexity index is 910. The van der Waals surface area contributed by atoms with Crippen LogP contribution in [0.25, 0.3) is 0 Å². The summed E-state index contributed by atoms with van der Waals surface area (Å²) in [5.74, 6) is 0.951. The van der Waals surface area contributed by atoms with Crippen LogP contribution >= 0.6 is 0 Å². The molecule has 6 heteroatoms. The number of aryl methyl sites for hydroxylation is 1. The first-order chi connectivity index (χ1) is 13.2. The molecule has 6 nitrogen and oxygen atoms in total. The Labute approximate surface area is 158 Å². The minimum Gasteiger partial charge on any atom is -0.492 e.